The molecular formula is C16H18F2N4O. The molecule has 0 spiro atoms. The van der Waals surface area contributed by atoms with Crippen LogP contribution >= 0.6 is 0 Å². The standard InChI is InChI=1S/C16H18F2N4O/c1-23-15-4-6-19-16(21-15)20-13-5-7-22(10-13)9-11-8-12(17)2-3-14(11)18/h2-4,6,8,13H,5,7,9-10H2,1H3,(H,19,20,21). The number of hydrogen-bond donors (Lipinski definition) is 1. The highest BCUT2D eigenvalue weighted by atomic mass is 19.1. The summed E-state index contributed by atoms with van der Waals surface area (Å²) in [7, 11) is 1.55. The van der Waals surface area contributed by atoms with Gasteiger partial charge < -0.3 is 10.1 Å². The molecule has 1 aliphatic rings. The van der Waals surface area contributed by atoms with Crippen LogP contribution in [-0.2, 0) is 6.54 Å². The molecule has 1 aromatic heterocycles. The molecule has 0 saturated carbocycles. The maximum absolute atomic E-state index is 13.7. The van der Waals surface area contributed by atoms with Gasteiger partial charge in [-0.15, -0.1) is 0 Å². The summed E-state index contributed by atoms with van der Waals surface area (Å²) in [5.74, 6) is 0.214. The van der Waals surface area contributed by atoms with E-state index < -0.39 is 5.82 Å². The molecule has 2 aromatic rings. The van der Waals surface area contributed by atoms with Gasteiger partial charge in [-0.1, -0.05) is 0 Å². The zero-order valence-electron chi connectivity index (χ0n) is 12.8. The summed E-state index contributed by atoms with van der Waals surface area (Å²) in [5.41, 5.74) is 0.378. The third-order valence-electron chi connectivity index (χ3n) is 3.85. The monoisotopic (exact) mass is 320 g/mol. The average molecular weight is 320 g/mol. The Kier molecular flexibility index (Phi) is 4.66. The van der Waals surface area contributed by atoms with Crippen molar-refractivity contribution in [2.24, 2.45) is 0 Å². The van der Waals surface area contributed by atoms with Gasteiger partial charge in [-0.05, 0) is 24.6 Å². The van der Waals surface area contributed by atoms with Crippen LogP contribution < -0.4 is 10.1 Å². The van der Waals surface area contributed by atoms with Crippen molar-refractivity contribution < 1.29 is 13.5 Å². The van der Waals surface area contributed by atoms with E-state index in [1.54, 1.807) is 19.4 Å². The number of benzene rings is 1. The van der Waals surface area contributed by atoms with Crippen LogP contribution in [0.25, 0.3) is 0 Å². The zero-order chi connectivity index (χ0) is 16.2. The van der Waals surface area contributed by atoms with Gasteiger partial charge in [0.15, 0.2) is 0 Å². The van der Waals surface area contributed by atoms with Crippen molar-refractivity contribution in [1.29, 1.82) is 0 Å². The molecular weight excluding hydrogens is 302 g/mol. The molecule has 7 heteroatoms. The first-order valence-electron chi connectivity index (χ1n) is 7.44. The third-order valence-corrected chi connectivity index (χ3v) is 3.85. The van der Waals surface area contributed by atoms with Gasteiger partial charge in [0.25, 0.3) is 0 Å². The maximum Gasteiger partial charge on any atom is 0.226 e. The SMILES string of the molecule is COc1ccnc(NC2CCN(Cc3cc(F)ccc3F)C2)n1. The van der Waals surface area contributed by atoms with Crippen molar-refractivity contribution in [3.05, 3.63) is 47.7 Å². The summed E-state index contributed by atoms with van der Waals surface area (Å²) in [5, 5.41) is 3.25. The predicted octanol–water partition coefficient (Wildman–Crippen LogP) is 2.45. The van der Waals surface area contributed by atoms with Gasteiger partial charge in [-0.3, -0.25) is 4.90 Å². The van der Waals surface area contributed by atoms with Crippen LogP contribution in [0.3, 0.4) is 0 Å². The quantitative estimate of drug-likeness (QED) is 0.917. The van der Waals surface area contributed by atoms with E-state index in [1.807, 2.05) is 0 Å². The Bertz CT molecular complexity index is 683. The van der Waals surface area contributed by atoms with Crippen LogP contribution in [0.2, 0.25) is 0 Å². The molecule has 1 fully saturated rings. The lowest BCUT2D eigenvalue weighted by molar-refractivity contribution is 0.322. The molecule has 0 bridgehead atoms. The molecule has 1 aromatic carbocycles. The highest BCUT2D eigenvalue weighted by Crippen LogP contribution is 2.19. The number of aromatic nitrogens is 2. The predicted molar refractivity (Wildman–Crippen MR) is 82.2 cm³/mol. The van der Waals surface area contributed by atoms with Gasteiger partial charge >= 0.3 is 0 Å². The first kappa shape index (κ1) is 15.6. The van der Waals surface area contributed by atoms with E-state index in [9.17, 15) is 8.78 Å². The van der Waals surface area contributed by atoms with Gasteiger partial charge in [0.05, 0.1) is 7.11 Å². The smallest absolute Gasteiger partial charge is 0.226 e. The largest absolute Gasteiger partial charge is 0.481 e. The molecule has 3 rings (SSSR count). The van der Waals surface area contributed by atoms with Crippen molar-refractivity contribution >= 4 is 5.95 Å². The van der Waals surface area contributed by atoms with Gasteiger partial charge in [0.1, 0.15) is 11.6 Å². The lowest BCUT2D eigenvalue weighted by Gasteiger charge is -2.17. The Balaban J connectivity index is 1.59. The molecule has 0 aliphatic carbocycles. The molecule has 122 valence electrons. The number of methoxy groups -OCH3 is 1. The Labute approximate surface area is 133 Å². The van der Waals surface area contributed by atoms with E-state index in [0.717, 1.165) is 25.6 Å². The fourth-order valence-corrected chi connectivity index (χ4v) is 2.71. The average Bonchev–Trinajstić information content (AvgIpc) is 2.98. The molecule has 1 aliphatic heterocycles. The molecule has 5 nitrogen and oxygen atoms in total. The summed E-state index contributed by atoms with van der Waals surface area (Å²) < 4.78 is 32.0. The van der Waals surface area contributed by atoms with Crippen molar-refractivity contribution in [3.8, 4) is 5.88 Å². The van der Waals surface area contributed by atoms with Crippen molar-refractivity contribution in [1.82, 2.24) is 14.9 Å². The van der Waals surface area contributed by atoms with E-state index >= 15 is 0 Å². The summed E-state index contributed by atoms with van der Waals surface area (Å²) in [6.45, 7) is 1.91. The normalized spacial score (nSPS) is 18.1. The minimum atomic E-state index is -0.417. The number of anilines is 1. The van der Waals surface area contributed by atoms with Crippen LogP contribution in [0.5, 0.6) is 5.88 Å². The Morgan fingerprint density at radius 2 is 2.22 bits per heavy atom. The molecule has 0 radical (unpaired) electrons. The number of likely N-dealkylation sites (tertiary alicyclic amines) is 1. The van der Waals surface area contributed by atoms with E-state index in [-0.39, 0.29) is 11.9 Å². The van der Waals surface area contributed by atoms with Crippen molar-refractivity contribution in [2.75, 3.05) is 25.5 Å². The highest BCUT2D eigenvalue weighted by molar-refractivity contribution is 5.29. The second-order valence-corrected chi connectivity index (χ2v) is 5.52. The number of nitrogens with one attached hydrogen (secondary N) is 1. The summed E-state index contributed by atoms with van der Waals surface area (Å²) in [6.07, 6.45) is 2.51. The minimum Gasteiger partial charge on any atom is -0.481 e. The molecule has 2 heterocycles. The van der Waals surface area contributed by atoms with Crippen LogP contribution in [0.15, 0.2) is 30.5 Å². The number of hydrogen-bond acceptors (Lipinski definition) is 5. The van der Waals surface area contributed by atoms with E-state index in [4.69, 9.17) is 4.74 Å². The van der Waals surface area contributed by atoms with Gasteiger partial charge in [-0.25, -0.2) is 13.8 Å². The first-order valence-corrected chi connectivity index (χ1v) is 7.44. The lowest BCUT2D eigenvalue weighted by atomic mass is 10.2. The summed E-state index contributed by atoms with van der Waals surface area (Å²) in [6, 6.07) is 5.40. The van der Waals surface area contributed by atoms with Crippen molar-refractivity contribution in [3.63, 3.8) is 0 Å². The topological polar surface area (TPSA) is 50.3 Å². The van der Waals surface area contributed by atoms with Gasteiger partial charge in [-0.2, -0.15) is 4.98 Å². The Hall–Kier alpha value is -2.28. The molecule has 1 N–H and O–H groups in total. The lowest BCUT2D eigenvalue weighted by Crippen LogP contribution is -2.27. The second-order valence-electron chi connectivity index (χ2n) is 5.52. The first-order chi connectivity index (χ1) is 11.1. The maximum atomic E-state index is 13.7. The molecule has 1 unspecified atom stereocenters. The van der Waals surface area contributed by atoms with Crippen LogP contribution in [0, 0.1) is 11.6 Å². The molecule has 0 amide bonds. The highest BCUT2D eigenvalue weighted by Gasteiger charge is 2.24. The number of ether oxygens (including phenoxy) is 1. The van der Waals surface area contributed by atoms with E-state index in [2.05, 4.69) is 20.2 Å². The van der Waals surface area contributed by atoms with Crippen LogP contribution in [0.1, 0.15) is 12.0 Å². The van der Waals surface area contributed by atoms with Gasteiger partial charge in [0, 0.05) is 43.5 Å². The van der Waals surface area contributed by atoms with Crippen LogP contribution in [0.4, 0.5) is 14.7 Å². The summed E-state index contributed by atoms with van der Waals surface area (Å²) >= 11 is 0. The third kappa shape index (κ3) is 3.92. The van der Waals surface area contributed by atoms with E-state index in [0.29, 0.717) is 23.9 Å². The van der Waals surface area contributed by atoms with E-state index in [1.165, 1.54) is 12.1 Å². The fraction of sp³-hybridized carbons (Fsp3) is 0.375. The molecule has 1 atom stereocenters. The second kappa shape index (κ2) is 6.87. The summed E-state index contributed by atoms with van der Waals surface area (Å²) in [4.78, 5) is 10.5. The zero-order valence-corrected chi connectivity index (χ0v) is 12.8. The fourth-order valence-electron chi connectivity index (χ4n) is 2.71. The van der Waals surface area contributed by atoms with Gasteiger partial charge in [0.2, 0.25) is 11.8 Å². The number of rotatable bonds is 5. The van der Waals surface area contributed by atoms with Crippen molar-refractivity contribution in [2.45, 2.75) is 19.0 Å². The Morgan fingerprint density at radius 3 is 3.04 bits per heavy atom. The number of nitrogens with zero attached hydrogens (tertiary/aromatic N) is 3. The molecule has 1 saturated heterocycles. The Morgan fingerprint density at radius 1 is 1.35 bits per heavy atom. The molecule has 23 heavy (non-hydrogen) atoms. The number of halogens is 2. The van der Waals surface area contributed by atoms with Crippen LogP contribution in [-0.4, -0.2) is 41.1 Å². The minimum absolute atomic E-state index is 0.165.